The molecule has 0 spiro atoms. The van der Waals surface area contributed by atoms with E-state index in [0.717, 1.165) is 0 Å². The minimum absolute atomic E-state index is 0.0207. The number of cyclic esters (lactones) is 2. The molecule has 100 heavy (non-hydrogen) atoms. The number of fused-ring (bicyclic) bond motifs is 10. The Morgan fingerprint density at radius 3 is 1.32 bits per heavy atom. The van der Waals surface area contributed by atoms with E-state index >= 15 is 0 Å². The second kappa shape index (κ2) is 35.4. The first kappa shape index (κ1) is 85.3. The molecule has 4 bridgehead atoms. The van der Waals surface area contributed by atoms with Gasteiger partial charge in [-0.2, -0.15) is 0 Å². The van der Waals surface area contributed by atoms with E-state index in [-0.39, 0.29) is 87.8 Å². The van der Waals surface area contributed by atoms with Crippen LogP contribution in [0.5, 0.6) is 0 Å². The van der Waals surface area contributed by atoms with Crippen molar-refractivity contribution in [3.8, 4) is 0 Å². The third-order valence-electron chi connectivity index (χ3n) is 21.0. The van der Waals surface area contributed by atoms with Crippen molar-refractivity contribution in [3.05, 3.63) is 34.1 Å². The van der Waals surface area contributed by atoms with Gasteiger partial charge in [0.15, 0.2) is 30.6 Å². The molecule has 0 saturated carbocycles. The Morgan fingerprint density at radius 1 is 0.590 bits per heavy atom. The number of hydrazone groups is 2. The van der Waals surface area contributed by atoms with Gasteiger partial charge in [0.1, 0.15) is 50.6 Å². The zero-order valence-electron chi connectivity index (χ0n) is 62.9. The fourth-order valence-corrected chi connectivity index (χ4v) is 15.7. The van der Waals surface area contributed by atoms with Crippen molar-refractivity contribution < 1.29 is 117 Å². The van der Waals surface area contributed by atoms with Gasteiger partial charge in [-0.3, -0.25) is 24.0 Å². The molecule has 6 aliphatic rings. The smallest absolute Gasteiger partial charge is 0.387 e. The van der Waals surface area contributed by atoms with Crippen LogP contribution in [0.25, 0.3) is 0 Å². The van der Waals surface area contributed by atoms with Gasteiger partial charge in [0.2, 0.25) is 0 Å². The van der Waals surface area contributed by atoms with Crippen LogP contribution in [0.3, 0.4) is 0 Å². The summed E-state index contributed by atoms with van der Waals surface area (Å²) in [5, 5.41) is 62.5. The van der Waals surface area contributed by atoms with Gasteiger partial charge in [-0.1, -0.05) is 68.5 Å². The van der Waals surface area contributed by atoms with Crippen molar-refractivity contribution in [1.82, 2.24) is 9.80 Å². The highest BCUT2D eigenvalue weighted by atomic mass is 16.7. The number of rotatable bonds is 12. The van der Waals surface area contributed by atoms with Crippen LogP contribution in [0.2, 0.25) is 0 Å². The lowest BCUT2D eigenvalue weighted by Gasteiger charge is -2.49. The number of carbonyl (C=O) groups is 5. The fraction of sp³-hybridized carbons (Fsp3) is 0.843. The SMILES string of the molecule is C=C1CO[C@@H]2[C@@H](C)/C(=N/[N+](=O)O)[C@H](C)C[C@@](C)(OC1)[C@H](O[C@@H]1O[C@H](C)C[C@H](N(C)C)[C@H]1OC(C)=O)[C@@H](C)C(=O)[C@@H](C)C(=O)O[C@H](CC)[C@@]2(C)O.C=C1CO[C@@H]2[C@@H](C)/C(=N/[N+](=O)O)[C@H](C)C[C@@](C)(OC1)[C@H](O[C@@H]1O[C@H](C)C[C@H](N(C)C)[C@H]1OC(C)=O)[C@@H](C)[C@H](O)[C@@H](C)C(=O)O[C@H](CC)[C@@]2(C)O. The Hall–Kier alpha value is -5.35. The van der Waals surface area contributed by atoms with Crippen LogP contribution >= 0.6 is 0 Å². The number of hydrogen-bond donors (Lipinski definition) is 5. The van der Waals surface area contributed by atoms with Crippen LogP contribution in [-0.4, -0.2) is 256 Å². The van der Waals surface area contributed by atoms with E-state index in [2.05, 4.69) is 23.4 Å². The second-order valence-corrected chi connectivity index (χ2v) is 30.1. The number of carbonyl (C=O) groups excluding carboxylic acids is 5. The van der Waals surface area contributed by atoms with Gasteiger partial charge in [0, 0.05) is 49.4 Å². The summed E-state index contributed by atoms with van der Waals surface area (Å²) < 4.78 is 75.5. The van der Waals surface area contributed by atoms with E-state index in [0.29, 0.717) is 24.0 Å². The lowest BCUT2D eigenvalue weighted by Crippen LogP contribution is -2.61. The molecule has 0 unspecified atom stereocenters. The average molecular weight is 1430 g/mol. The molecule has 5 N–H and O–H groups in total. The van der Waals surface area contributed by atoms with Gasteiger partial charge >= 0.3 is 33.9 Å². The van der Waals surface area contributed by atoms with Crippen LogP contribution < -0.4 is 0 Å². The van der Waals surface area contributed by atoms with Crippen molar-refractivity contribution in [1.29, 1.82) is 0 Å². The van der Waals surface area contributed by atoms with E-state index in [4.69, 9.17) is 56.8 Å². The molecule has 570 valence electrons. The number of ketones is 1. The monoisotopic (exact) mass is 1430 g/mol. The van der Waals surface area contributed by atoms with E-state index in [1.54, 1.807) is 76.2 Å². The van der Waals surface area contributed by atoms with Crippen LogP contribution in [-0.2, 0) is 80.8 Å². The number of Topliss-reactive ketones (excluding diaryl/α,β-unsaturated/α-hetero) is 1. The van der Waals surface area contributed by atoms with Gasteiger partial charge in [0.05, 0.1) is 109 Å². The normalized spacial score (nSPS) is 42.6. The van der Waals surface area contributed by atoms with Gasteiger partial charge in [-0.25, -0.2) is 10.4 Å². The van der Waals surface area contributed by atoms with E-state index in [1.807, 2.05) is 51.8 Å². The molecule has 6 fully saturated rings. The highest BCUT2D eigenvalue weighted by molar-refractivity contribution is 6.00. The number of aliphatic hydroxyl groups is 3. The van der Waals surface area contributed by atoms with Gasteiger partial charge < -0.3 is 82.0 Å². The zero-order chi connectivity index (χ0) is 75.8. The van der Waals surface area contributed by atoms with Crippen LogP contribution in [0.4, 0.5) is 0 Å². The van der Waals surface area contributed by atoms with E-state index in [9.17, 15) is 59.5 Å². The predicted molar refractivity (Wildman–Crippen MR) is 361 cm³/mol. The molecule has 6 saturated heterocycles. The van der Waals surface area contributed by atoms with Crippen LogP contribution in [0.15, 0.2) is 34.5 Å². The first-order valence-corrected chi connectivity index (χ1v) is 35.0. The molecule has 0 amide bonds. The fourth-order valence-electron chi connectivity index (χ4n) is 15.7. The summed E-state index contributed by atoms with van der Waals surface area (Å²) in [7, 11) is 7.46. The highest BCUT2D eigenvalue weighted by Crippen LogP contribution is 2.44. The molecule has 6 aliphatic heterocycles. The summed E-state index contributed by atoms with van der Waals surface area (Å²) in [6, 6.07) is -0.577. The Morgan fingerprint density at radius 2 is 0.960 bits per heavy atom. The standard InChI is InChI=1S/C35H60N3O12.C35H58N3O12/c2*1-13-26-35(10,42)31-21(5)27(36-38(43)44)19(3)15-34(9,46-17-18(2)16-45-31)30(22(6)28(40)23(7)32(41)49-26)50-33-29(48-24(8)39)25(37(11)12)14-20(4)47-33/h19-23,25-26,28-31,33,40,42H,2,13-17H2,1,3-12H3,(H,43,44);19-23,25-26,29-31,33,42H,2,13-17H2,1,3-12H3,(H,43,44)/q2*+1/b2*36-27+/t19-,20-,21+,22+,23-,25+,26-,28+,29-,30-,31-,33+,34-,35-;19-,20-,21+,22+,23-,25+,26-,29-,30-,31-,33+,34-,35-/m11/s1. The molecule has 0 aromatic heterocycles. The van der Waals surface area contributed by atoms with E-state index in [1.165, 1.54) is 34.6 Å². The molecule has 6 heterocycles. The topological polar surface area (TPSA) is 369 Å². The Bertz CT molecular complexity index is 2940. The number of nitrogens with zero attached hydrogens (tertiary/aromatic N) is 6. The van der Waals surface area contributed by atoms with Gasteiger partial charge in [-0.15, -0.1) is 0 Å². The largest absolute Gasteiger partial charge is 0.459 e. The molecule has 30 nitrogen and oxygen atoms in total. The van der Waals surface area contributed by atoms with Crippen molar-refractivity contribution >= 4 is 41.1 Å². The Kier molecular flexibility index (Phi) is 30.2. The lowest BCUT2D eigenvalue weighted by molar-refractivity contribution is -0.796. The number of ether oxygens (including phenoxy) is 12. The summed E-state index contributed by atoms with van der Waals surface area (Å²) >= 11 is 0. The molecule has 27 atom stereocenters. The number of likely N-dealkylation sites (N-methyl/N-ethyl adjacent to an activating group) is 2. The van der Waals surface area contributed by atoms with E-state index < -0.39 is 177 Å². The molecule has 0 aromatic carbocycles. The molecular formula is C70H118N6O24+2. The Balaban J connectivity index is 0.000000361. The number of hydrogen-bond acceptors (Lipinski definition) is 24. The summed E-state index contributed by atoms with van der Waals surface area (Å²) in [5.74, 6) is -10.3. The maximum absolute atomic E-state index is 14.3. The first-order chi connectivity index (χ1) is 46.3. The maximum Gasteiger partial charge on any atom is 0.387 e. The second-order valence-electron chi connectivity index (χ2n) is 30.1. The summed E-state index contributed by atoms with van der Waals surface area (Å²) in [6.07, 6.45) is -11.0. The van der Waals surface area contributed by atoms with Crippen LogP contribution in [0, 0.1) is 57.2 Å². The first-order valence-electron chi connectivity index (χ1n) is 35.0. The third kappa shape index (κ3) is 20.5. The van der Waals surface area contributed by atoms with Gasteiger partial charge in [-0.05, 0) is 133 Å². The molecule has 6 rings (SSSR count). The summed E-state index contributed by atoms with van der Waals surface area (Å²) in [6.45, 7) is 37.7. The summed E-state index contributed by atoms with van der Waals surface area (Å²) in [5.41, 5.74) is -5.04. The Labute approximate surface area is 589 Å². The molecule has 30 heteroatoms. The minimum atomic E-state index is -1.85. The number of esters is 4. The van der Waals surface area contributed by atoms with Crippen molar-refractivity contribution in [3.63, 3.8) is 0 Å². The minimum Gasteiger partial charge on any atom is -0.459 e. The lowest BCUT2D eigenvalue weighted by atomic mass is 9.73. The third-order valence-corrected chi connectivity index (χ3v) is 21.0. The maximum atomic E-state index is 14.3. The zero-order valence-corrected chi connectivity index (χ0v) is 62.9. The molecule has 0 aliphatic carbocycles. The van der Waals surface area contributed by atoms with Gasteiger partial charge in [0.25, 0.3) is 0 Å². The quantitative estimate of drug-likeness (QED) is 0.0476. The molecular weight excluding hydrogens is 1310 g/mol. The predicted octanol–water partition coefficient (Wildman–Crippen LogP) is 6.22. The number of aliphatic hydroxyl groups excluding tert-OH is 1. The summed E-state index contributed by atoms with van der Waals surface area (Å²) in [4.78, 5) is 94.5. The average Bonchev–Trinajstić information content (AvgIpc) is 1.04. The highest BCUT2D eigenvalue weighted by Gasteiger charge is 2.57. The van der Waals surface area contributed by atoms with Crippen molar-refractivity contribution in [2.24, 2.45) is 57.5 Å². The van der Waals surface area contributed by atoms with Crippen molar-refractivity contribution in [2.75, 3.05) is 54.6 Å². The molecule has 0 radical (unpaired) electrons. The molecule has 0 aromatic rings. The van der Waals surface area contributed by atoms with Crippen molar-refractivity contribution in [2.45, 2.75) is 277 Å². The van der Waals surface area contributed by atoms with Crippen LogP contribution in [0.1, 0.15) is 163 Å².